The molecule has 0 aliphatic carbocycles. The van der Waals surface area contributed by atoms with Crippen molar-refractivity contribution in [1.29, 1.82) is 0 Å². The van der Waals surface area contributed by atoms with Gasteiger partial charge in [0.1, 0.15) is 5.75 Å². The maximum absolute atomic E-state index is 12.1. The first-order chi connectivity index (χ1) is 16.4. The monoisotopic (exact) mass is 478 g/mol. The molecule has 0 atom stereocenters. The van der Waals surface area contributed by atoms with Gasteiger partial charge in [-0.1, -0.05) is 42.8 Å². The van der Waals surface area contributed by atoms with Crippen molar-refractivity contribution < 1.29 is 19.1 Å². The van der Waals surface area contributed by atoms with Crippen molar-refractivity contribution in [2.24, 2.45) is 5.10 Å². The molecule has 3 rings (SSSR count). The predicted molar refractivity (Wildman–Crippen MR) is 132 cm³/mol. The van der Waals surface area contributed by atoms with Crippen LogP contribution in [0.25, 0.3) is 0 Å². The Bertz CT molecular complexity index is 1180. The number of nitrogens with zero attached hydrogens (tertiary/aromatic N) is 1. The highest BCUT2D eigenvalue weighted by Gasteiger charge is 2.14. The fraction of sp³-hybridized carbons (Fsp3) is 0.120. The number of hydrogen-bond acceptors (Lipinski definition) is 5. The topological polar surface area (TPSA) is 109 Å². The molecule has 0 saturated carbocycles. The third-order valence-corrected chi connectivity index (χ3v) is 4.93. The van der Waals surface area contributed by atoms with Gasteiger partial charge in [-0.15, -0.1) is 0 Å². The molecular weight excluding hydrogens is 456 g/mol. The number of para-hydroxylation sites is 1. The van der Waals surface area contributed by atoms with E-state index in [1.165, 1.54) is 11.8 Å². The van der Waals surface area contributed by atoms with E-state index >= 15 is 0 Å². The zero-order valence-corrected chi connectivity index (χ0v) is 19.1. The van der Waals surface area contributed by atoms with Crippen LogP contribution in [0.5, 0.6) is 5.75 Å². The Morgan fingerprint density at radius 2 is 1.62 bits per heavy atom. The summed E-state index contributed by atoms with van der Waals surface area (Å²) >= 11 is 5.95. The first-order valence-electron chi connectivity index (χ1n) is 10.4. The number of nitrogens with one attached hydrogen (secondary N) is 3. The van der Waals surface area contributed by atoms with Gasteiger partial charge in [-0.3, -0.25) is 14.4 Å². The van der Waals surface area contributed by atoms with Crippen LogP contribution in [0, 0.1) is 0 Å². The number of ether oxygens (including phenoxy) is 1. The number of aryl methyl sites for hydroxylation is 1. The fourth-order valence-corrected chi connectivity index (χ4v) is 2.96. The van der Waals surface area contributed by atoms with Gasteiger partial charge in [-0.2, -0.15) is 5.10 Å². The number of hydrogen-bond donors (Lipinski definition) is 3. The lowest BCUT2D eigenvalue weighted by Gasteiger charge is -2.08. The average Bonchev–Trinajstić information content (AvgIpc) is 2.85. The fourth-order valence-electron chi connectivity index (χ4n) is 2.78. The van der Waals surface area contributed by atoms with Crippen molar-refractivity contribution in [1.82, 2.24) is 5.43 Å². The van der Waals surface area contributed by atoms with Gasteiger partial charge in [0.2, 0.25) is 0 Å². The van der Waals surface area contributed by atoms with Crippen LogP contribution in [0.3, 0.4) is 0 Å². The molecule has 34 heavy (non-hydrogen) atoms. The molecule has 0 heterocycles. The minimum Gasteiger partial charge on any atom is -0.484 e. The van der Waals surface area contributed by atoms with E-state index in [9.17, 15) is 14.4 Å². The second-order valence-electron chi connectivity index (χ2n) is 7.09. The van der Waals surface area contributed by atoms with E-state index in [1.807, 2.05) is 24.3 Å². The van der Waals surface area contributed by atoms with Crippen molar-refractivity contribution in [2.75, 3.05) is 17.2 Å². The molecule has 9 heteroatoms. The molecule has 3 amide bonds. The molecule has 8 nitrogen and oxygen atoms in total. The van der Waals surface area contributed by atoms with Gasteiger partial charge in [0.25, 0.3) is 5.91 Å². The minimum atomic E-state index is -0.938. The standard InChI is InChI=1S/C25H23ClN4O4/c1-2-17-7-11-19(12-8-17)28-23(31)16-34-20-13-9-18(10-14-20)15-27-30-25(33)24(32)29-22-6-4-3-5-21(22)26/h3-15H,2,16H2,1H3,(H,28,31)(H,29,32)(H,30,33)/b27-15-. The first kappa shape index (κ1) is 24.5. The number of carbonyl (C=O) groups excluding carboxylic acids is 3. The van der Waals surface area contributed by atoms with Crippen molar-refractivity contribution in [2.45, 2.75) is 13.3 Å². The van der Waals surface area contributed by atoms with E-state index in [2.05, 4.69) is 28.1 Å². The molecule has 3 aromatic rings. The molecule has 0 spiro atoms. The maximum atomic E-state index is 12.1. The lowest BCUT2D eigenvalue weighted by molar-refractivity contribution is -0.136. The number of carbonyl (C=O) groups is 3. The molecule has 3 N–H and O–H groups in total. The Hall–Kier alpha value is -4.17. The summed E-state index contributed by atoms with van der Waals surface area (Å²) in [5, 5.41) is 9.26. The molecule has 0 aromatic heterocycles. The highest BCUT2D eigenvalue weighted by atomic mass is 35.5. The van der Waals surface area contributed by atoms with E-state index < -0.39 is 11.8 Å². The second-order valence-corrected chi connectivity index (χ2v) is 7.50. The van der Waals surface area contributed by atoms with Crippen LogP contribution in [0.15, 0.2) is 77.9 Å². The van der Waals surface area contributed by atoms with Gasteiger partial charge in [0.15, 0.2) is 6.61 Å². The number of halogens is 1. The third kappa shape index (κ3) is 7.46. The lowest BCUT2D eigenvalue weighted by Crippen LogP contribution is -2.32. The van der Waals surface area contributed by atoms with Gasteiger partial charge >= 0.3 is 11.8 Å². The smallest absolute Gasteiger partial charge is 0.329 e. The zero-order chi connectivity index (χ0) is 24.3. The van der Waals surface area contributed by atoms with E-state index in [1.54, 1.807) is 48.5 Å². The van der Waals surface area contributed by atoms with Crippen molar-refractivity contribution in [3.63, 3.8) is 0 Å². The van der Waals surface area contributed by atoms with E-state index in [0.29, 0.717) is 27.7 Å². The van der Waals surface area contributed by atoms with Gasteiger partial charge in [-0.05, 0) is 66.1 Å². The van der Waals surface area contributed by atoms with Crippen molar-refractivity contribution >= 4 is 46.9 Å². The summed E-state index contributed by atoms with van der Waals surface area (Å²) in [6.45, 7) is 1.93. The Morgan fingerprint density at radius 1 is 0.912 bits per heavy atom. The van der Waals surface area contributed by atoms with Gasteiger partial charge in [0, 0.05) is 5.69 Å². The summed E-state index contributed by atoms with van der Waals surface area (Å²) in [6.07, 6.45) is 2.31. The summed E-state index contributed by atoms with van der Waals surface area (Å²) in [7, 11) is 0. The van der Waals surface area contributed by atoms with Crippen LogP contribution in [0.4, 0.5) is 11.4 Å². The summed E-state index contributed by atoms with van der Waals surface area (Å²) in [4.78, 5) is 35.9. The lowest BCUT2D eigenvalue weighted by atomic mass is 10.1. The van der Waals surface area contributed by atoms with Crippen LogP contribution in [-0.2, 0) is 20.8 Å². The molecule has 0 aliphatic rings. The van der Waals surface area contributed by atoms with Crippen LogP contribution >= 0.6 is 11.6 Å². The van der Waals surface area contributed by atoms with Crippen molar-refractivity contribution in [3.8, 4) is 5.75 Å². The predicted octanol–water partition coefficient (Wildman–Crippen LogP) is 4.01. The largest absolute Gasteiger partial charge is 0.484 e. The van der Waals surface area contributed by atoms with Gasteiger partial charge in [0.05, 0.1) is 16.9 Å². The van der Waals surface area contributed by atoms with E-state index in [4.69, 9.17) is 16.3 Å². The molecule has 174 valence electrons. The minimum absolute atomic E-state index is 0.139. The number of rotatable bonds is 8. The Kier molecular flexibility index (Phi) is 8.76. The molecule has 3 aromatic carbocycles. The summed E-state index contributed by atoms with van der Waals surface area (Å²) in [5.41, 5.74) is 5.03. The molecule has 0 saturated heterocycles. The molecule has 0 aliphatic heterocycles. The normalized spacial score (nSPS) is 10.5. The summed E-state index contributed by atoms with van der Waals surface area (Å²) in [6, 6.07) is 20.9. The molecule has 0 radical (unpaired) electrons. The number of anilines is 2. The van der Waals surface area contributed by atoms with Crippen molar-refractivity contribution in [3.05, 3.63) is 88.9 Å². The van der Waals surface area contributed by atoms with Crippen LogP contribution < -0.4 is 20.8 Å². The Labute approximate surface area is 202 Å². The van der Waals surface area contributed by atoms with Gasteiger partial charge < -0.3 is 15.4 Å². The second kappa shape index (κ2) is 12.2. The molecule has 0 fully saturated rings. The van der Waals surface area contributed by atoms with Crippen LogP contribution in [-0.4, -0.2) is 30.5 Å². The third-order valence-electron chi connectivity index (χ3n) is 4.60. The van der Waals surface area contributed by atoms with E-state index in [-0.39, 0.29) is 12.5 Å². The average molecular weight is 479 g/mol. The van der Waals surface area contributed by atoms with Gasteiger partial charge in [-0.25, -0.2) is 5.43 Å². The van der Waals surface area contributed by atoms with Crippen LogP contribution in [0.2, 0.25) is 5.02 Å². The molecule has 0 unspecified atom stereocenters. The quantitative estimate of drug-likeness (QED) is 0.258. The Morgan fingerprint density at radius 3 is 2.29 bits per heavy atom. The molecule has 0 bridgehead atoms. The summed E-state index contributed by atoms with van der Waals surface area (Å²) in [5.74, 6) is -1.61. The Balaban J connectivity index is 1.42. The summed E-state index contributed by atoms with van der Waals surface area (Å²) < 4.78 is 5.49. The SMILES string of the molecule is CCc1ccc(NC(=O)COc2ccc(/C=N\NC(=O)C(=O)Nc3ccccc3Cl)cc2)cc1. The first-order valence-corrected chi connectivity index (χ1v) is 10.8. The number of amides is 3. The number of benzene rings is 3. The number of hydrazone groups is 1. The maximum Gasteiger partial charge on any atom is 0.329 e. The van der Waals surface area contributed by atoms with E-state index in [0.717, 1.165) is 6.42 Å². The highest BCUT2D eigenvalue weighted by molar-refractivity contribution is 6.41. The molecular formula is C25H23ClN4O4. The van der Waals surface area contributed by atoms with Crippen LogP contribution in [0.1, 0.15) is 18.1 Å². The highest BCUT2D eigenvalue weighted by Crippen LogP contribution is 2.20. The zero-order valence-electron chi connectivity index (χ0n) is 18.4.